The molecule has 2 aliphatic rings. The standard InChI is InChI=1S/C23H27N5O/c29-23(28-11-5-7-18-6-1-4-10-21(18)28)17-27-14-12-26(13-15-27)16-22-24-19-8-2-3-9-20(19)25-22/h1-4,6,8-10H,5,7,11-17H2,(H,24,25). The molecule has 1 fully saturated rings. The van der Waals surface area contributed by atoms with Gasteiger partial charge in [0.25, 0.3) is 0 Å². The molecule has 0 unspecified atom stereocenters. The minimum Gasteiger partial charge on any atom is -0.341 e. The summed E-state index contributed by atoms with van der Waals surface area (Å²) in [6.07, 6.45) is 2.12. The third-order valence-corrected chi connectivity index (χ3v) is 6.05. The zero-order valence-electron chi connectivity index (χ0n) is 16.7. The van der Waals surface area contributed by atoms with Gasteiger partial charge in [-0.3, -0.25) is 14.6 Å². The highest BCUT2D eigenvalue weighted by Gasteiger charge is 2.25. The van der Waals surface area contributed by atoms with Crippen molar-refractivity contribution in [2.75, 3.05) is 44.2 Å². The number of nitrogens with one attached hydrogen (secondary N) is 1. The van der Waals surface area contributed by atoms with Gasteiger partial charge in [0.1, 0.15) is 5.82 Å². The van der Waals surface area contributed by atoms with Crippen molar-refractivity contribution >= 4 is 22.6 Å². The highest BCUT2D eigenvalue weighted by molar-refractivity contribution is 5.96. The van der Waals surface area contributed by atoms with E-state index in [1.54, 1.807) is 0 Å². The largest absolute Gasteiger partial charge is 0.341 e. The molecule has 3 aromatic rings. The first kappa shape index (κ1) is 18.3. The topological polar surface area (TPSA) is 55.5 Å². The summed E-state index contributed by atoms with van der Waals surface area (Å²) in [4.78, 5) is 27.7. The van der Waals surface area contributed by atoms with E-state index in [4.69, 9.17) is 0 Å². The maximum absolute atomic E-state index is 13.0. The van der Waals surface area contributed by atoms with Crippen LogP contribution in [0.1, 0.15) is 17.8 Å². The van der Waals surface area contributed by atoms with E-state index in [1.165, 1.54) is 5.56 Å². The fourth-order valence-electron chi connectivity index (χ4n) is 4.47. The first-order chi connectivity index (χ1) is 14.3. The zero-order valence-corrected chi connectivity index (χ0v) is 16.7. The van der Waals surface area contributed by atoms with Gasteiger partial charge in [0.15, 0.2) is 0 Å². The molecule has 5 rings (SSSR count). The van der Waals surface area contributed by atoms with Crippen LogP contribution in [-0.4, -0.2) is 64.9 Å². The number of rotatable bonds is 4. The molecule has 1 N–H and O–H groups in total. The quantitative estimate of drug-likeness (QED) is 0.745. The highest BCUT2D eigenvalue weighted by atomic mass is 16.2. The van der Waals surface area contributed by atoms with Crippen molar-refractivity contribution < 1.29 is 4.79 Å². The van der Waals surface area contributed by atoms with Crippen molar-refractivity contribution in [2.24, 2.45) is 0 Å². The number of carbonyl (C=O) groups is 1. The van der Waals surface area contributed by atoms with Gasteiger partial charge in [-0.25, -0.2) is 4.98 Å². The predicted molar refractivity (Wildman–Crippen MR) is 115 cm³/mol. The van der Waals surface area contributed by atoms with Crippen molar-refractivity contribution in [2.45, 2.75) is 19.4 Å². The van der Waals surface area contributed by atoms with Crippen molar-refractivity contribution in [3.05, 3.63) is 59.9 Å². The molecular weight excluding hydrogens is 362 g/mol. The number of aromatic amines is 1. The number of fused-ring (bicyclic) bond motifs is 2. The molecule has 0 spiro atoms. The number of para-hydroxylation sites is 3. The smallest absolute Gasteiger partial charge is 0.241 e. The summed E-state index contributed by atoms with van der Waals surface area (Å²) in [5.41, 5.74) is 4.51. The van der Waals surface area contributed by atoms with Crippen LogP contribution in [0.25, 0.3) is 11.0 Å². The fraction of sp³-hybridized carbons (Fsp3) is 0.391. The van der Waals surface area contributed by atoms with E-state index in [-0.39, 0.29) is 5.91 Å². The van der Waals surface area contributed by atoms with Crippen LogP contribution < -0.4 is 4.90 Å². The Morgan fingerprint density at radius 3 is 2.55 bits per heavy atom. The van der Waals surface area contributed by atoms with Crippen LogP contribution in [0.4, 0.5) is 5.69 Å². The van der Waals surface area contributed by atoms with E-state index in [9.17, 15) is 4.79 Å². The number of nitrogens with zero attached hydrogens (tertiary/aromatic N) is 4. The van der Waals surface area contributed by atoms with Crippen LogP contribution in [-0.2, 0) is 17.8 Å². The second-order valence-corrected chi connectivity index (χ2v) is 8.03. The molecule has 0 bridgehead atoms. The minimum absolute atomic E-state index is 0.225. The van der Waals surface area contributed by atoms with Gasteiger partial charge < -0.3 is 9.88 Å². The lowest BCUT2D eigenvalue weighted by molar-refractivity contribution is -0.120. The van der Waals surface area contributed by atoms with E-state index in [0.29, 0.717) is 6.54 Å². The number of piperazine rings is 1. The number of anilines is 1. The van der Waals surface area contributed by atoms with Crippen molar-refractivity contribution in [3.8, 4) is 0 Å². The molecule has 29 heavy (non-hydrogen) atoms. The number of H-pyrrole nitrogens is 1. The number of imidazole rings is 1. The molecule has 0 atom stereocenters. The average Bonchev–Trinajstić information content (AvgIpc) is 3.17. The molecule has 0 aliphatic carbocycles. The third-order valence-electron chi connectivity index (χ3n) is 6.05. The Bertz CT molecular complexity index is 972. The average molecular weight is 390 g/mol. The number of amides is 1. The fourth-order valence-corrected chi connectivity index (χ4v) is 4.47. The van der Waals surface area contributed by atoms with Gasteiger partial charge in [0, 0.05) is 38.4 Å². The maximum atomic E-state index is 13.0. The Hall–Kier alpha value is -2.70. The Morgan fingerprint density at radius 2 is 1.69 bits per heavy atom. The Balaban J connectivity index is 1.16. The number of carbonyl (C=O) groups excluding carboxylic acids is 1. The molecule has 1 aromatic heterocycles. The number of aromatic nitrogens is 2. The summed E-state index contributed by atoms with van der Waals surface area (Å²) in [7, 11) is 0. The van der Waals surface area contributed by atoms with Crippen LogP contribution >= 0.6 is 0 Å². The van der Waals surface area contributed by atoms with E-state index in [1.807, 2.05) is 29.2 Å². The molecule has 3 heterocycles. The van der Waals surface area contributed by atoms with Gasteiger partial charge in [0.05, 0.1) is 24.1 Å². The van der Waals surface area contributed by atoms with Crippen molar-refractivity contribution in [1.82, 2.24) is 19.8 Å². The second kappa shape index (κ2) is 7.97. The van der Waals surface area contributed by atoms with E-state index >= 15 is 0 Å². The second-order valence-electron chi connectivity index (χ2n) is 8.03. The number of benzene rings is 2. The molecule has 0 radical (unpaired) electrons. The Labute approximate surface area is 171 Å². The Morgan fingerprint density at radius 1 is 0.931 bits per heavy atom. The summed E-state index contributed by atoms with van der Waals surface area (Å²) < 4.78 is 0. The lowest BCUT2D eigenvalue weighted by atomic mass is 10.0. The van der Waals surface area contributed by atoms with Gasteiger partial charge in [-0.2, -0.15) is 0 Å². The zero-order chi connectivity index (χ0) is 19.6. The van der Waals surface area contributed by atoms with Crippen LogP contribution in [0, 0.1) is 0 Å². The van der Waals surface area contributed by atoms with Crippen LogP contribution in [0.5, 0.6) is 0 Å². The summed E-state index contributed by atoms with van der Waals surface area (Å²) in [5, 5.41) is 0. The summed E-state index contributed by atoms with van der Waals surface area (Å²) in [6.45, 7) is 5.93. The molecule has 2 aromatic carbocycles. The van der Waals surface area contributed by atoms with E-state index in [0.717, 1.165) is 74.7 Å². The molecule has 2 aliphatic heterocycles. The van der Waals surface area contributed by atoms with E-state index < -0.39 is 0 Å². The monoisotopic (exact) mass is 389 g/mol. The summed E-state index contributed by atoms with van der Waals surface area (Å²) >= 11 is 0. The van der Waals surface area contributed by atoms with Gasteiger partial charge in [-0.05, 0) is 36.6 Å². The number of hydrogen-bond donors (Lipinski definition) is 1. The van der Waals surface area contributed by atoms with Crippen LogP contribution in [0.3, 0.4) is 0 Å². The van der Waals surface area contributed by atoms with Crippen molar-refractivity contribution in [3.63, 3.8) is 0 Å². The number of aryl methyl sites for hydroxylation is 1. The first-order valence-electron chi connectivity index (χ1n) is 10.5. The molecule has 150 valence electrons. The van der Waals surface area contributed by atoms with Gasteiger partial charge >= 0.3 is 0 Å². The molecular formula is C23H27N5O. The minimum atomic E-state index is 0.225. The normalized spacial score (nSPS) is 18.1. The Kier molecular flexibility index (Phi) is 5.04. The molecule has 1 amide bonds. The lowest BCUT2D eigenvalue weighted by Gasteiger charge is -2.36. The first-order valence-corrected chi connectivity index (χ1v) is 10.5. The van der Waals surface area contributed by atoms with Crippen LogP contribution in [0.2, 0.25) is 0 Å². The molecule has 0 saturated carbocycles. The van der Waals surface area contributed by atoms with Gasteiger partial charge in [-0.1, -0.05) is 30.3 Å². The third kappa shape index (κ3) is 3.91. The highest BCUT2D eigenvalue weighted by Crippen LogP contribution is 2.26. The molecule has 1 saturated heterocycles. The predicted octanol–water partition coefficient (Wildman–Crippen LogP) is 2.66. The summed E-state index contributed by atoms with van der Waals surface area (Å²) in [5.74, 6) is 1.24. The van der Waals surface area contributed by atoms with Crippen LogP contribution in [0.15, 0.2) is 48.5 Å². The maximum Gasteiger partial charge on any atom is 0.241 e. The molecule has 6 heteroatoms. The SMILES string of the molecule is O=C(CN1CCN(Cc2nc3ccccc3[nH]2)CC1)N1CCCc2ccccc21. The lowest BCUT2D eigenvalue weighted by Crippen LogP contribution is -2.50. The molecule has 6 nitrogen and oxygen atoms in total. The van der Waals surface area contributed by atoms with E-state index in [2.05, 4.69) is 44.0 Å². The van der Waals surface area contributed by atoms with Gasteiger partial charge in [0.2, 0.25) is 5.91 Å². The van der Waals surface area contributed by atoms with Gasteiger partial charge in [-0.15, -0.1) is 0 Å². The summed E-state index contributed by atoms with van der Waals surface area (Å²) in [6, 6.07) is 16.5. The van der Waals surface area contributed by atoms with Crippen molar-refractivity contribution in [1.29, 1.82) is 0 Å². The number of hydrogen-bond acceptors (Lipinski definition) is 4.